The van der Waals surface area contributed by atoms with Crippen molar-refractivity contribution >= 4 is 34.3 Å². The number of esters is 1. The Bertz CT molecular complexity index is 1260. The summed E-state index contributed by atoms with van der Waals surface area (Å²) in [6.07, 6.45) is 2.49. The Kier molecular flexibility index (Phi) is 5.37. The van der Waals surface area contributed by atoms with Gasteiger partial charge < -0.3 is 9.72 Å². The highest BCUT2D eigenvalue weighted by Gasteiger charge is 2.20. The van der Waals surface area contributed by atoms with E-state index in [1.54, 1.807) is 31.3 Å². The number of ketones is 1. The van der Waals surface area contributed by atoms with Crippen LogP contribution in [-0.4, -0.2) is 38.1 Å². The van der Waals surface area contributed by atoms with E-state index in [9.17, 15) is 9.59 Å². The average molecular weight is 423 g/mol. The summed E-state index contributed by atoms with van der Waals surface area (Å²) in [6.45, 7) is 3.35. The van der Waals surface area contributed by atoms with E-state index in [-0.39, 0.29) is 11.6 Å². The van der Waals surface area contributed by atoms with Gasteiger partial charge in [-0.15, -0.1) is 5.10 Å². The predicted octanol–water partition coefficient (Wildman–Crippen LogP) is 4.31. The van der Waals surface area contributed by atoms with E-state index in [1.165, 1.54) is 4.68 Å². The smallest absolute Gasteiger partial charge is 0.378 e. The van der Waals surface area contributed by atoms with Crippen LogP contribution in [0, 0.1) is 6.92 Å². The van der Waals surface area contributed by atoms with Gasteiger partial charge in [0.2, 0.25) is 5.78 Å². The summed E-state index contributed by atoms with van der Waals surface area (Å²) in [5.74, 6) is -0.728. The van der Waals surface area contributed by atoms with Crippen molar-refractivity contribution in [2.75, 3.05) is 6.61 Å². The quantitative estimate of drug-likeness (QED) is 0.369. The Balaban J connectivity index is 1.50. The Labute approximate surface area is 177 Å². The van der Waals surface area contributed by atoms with Crippen LogP contribution >= 0.6 is 11.6 Å². The van der Waals surface area contributed by atoms with Gasteiger partial charge in [0, 0.05) is 22.7 Å². The molecule has 7 nitrogen and oxygen atoms in total. The maximum atomic E-state index is 12.6. The van der Waals surface area contributed by atoms with Gasteiger partial charge in [0.25, 0.3) is 5.82 Å². The molecule has 0 atom stereocenters. The number of rotatable bonds is 6. The van der Waals surface area contributed by atoms with Crippen molar-refractivity contribution in [3.8, 4) is 5.69 Å². The number of nitrogens with zero attached hydrogens (tertiary/aromatic N) is 3. The number of aryl methyl sites for hydroxylation is 2. The third-order valence-electron chi connectivity index (χ3n) is 4.85. The lowest BCUT2D eigenvalue weighted by atomic mass is 10.1. The van der Waals surface area contributed by atoms with Crippen LogP contribution in [0.15, 0.2) is 48.7 Å². The molecule has 0 saturated heterocycles. The fraction of sp³-hybridized carbons (Fsp3) is 0.182. The summed E-state index contributed by atoms with van der Waals surface area (Å²) >= 11 is 6.20. The summed E-state index contributed by atoms with van der Waals surface area (Å²) < 4.78 is 6.64. The molecule has 0 aliphatic heterocycles. The largest absolute Gasteiger partial charge is 0.451 e. The summed E-state index contributed by atoms with van der Waals surface area (Å²) in [4.78, 5) is 32.3. The molecule has 4 rings (SSSR count). The van der Waals surface area contributed by atoms with Gasteiger partial charge in [-0.25, -0.2) is 14.5 Å². The summed E-state index contributed by atoms with van der Waals surface area (Å²) in [7, 11) is 0. The van der Waals surface area contributed by atoms with Crippen molar-refractivity contribution in [3.63, 3.8) is 0 Å². The second-order valence-corrected chi connectivity index (χ2v) is 7.15. The Hall–Kier alpha value is -3.45. The number of fused-ring (bicyclic) bond motifs is 1. The van der Waals surface area contributed by atoms with Crippen LogP contribution in [0.2, 0.25) is 5.02 Å². The van der Waals surface area contributed by atoms with Crippen molar-refractivity contribution in [2.45, 2.75) is 20.3 Å². The van der Waals surface area contributed by atoms with Crippen molar-refractivity contribution in [1.82, 2.24) is 19.7 Å². The molecular weight excluding hydrogens is 404 g/mol. The van der Waals surface area contributed by atoms with E-state index < -0.39 is 12.6 Å². The standard InChI is InChI=1S/C22H19ClN4O3/c1-3-14-7-6-8-15-16(11-24-20(14)15)19(28)12-30-22(29)21-25-13(2)27(26-21)18-10-5-4-9-17(18)23/h4-11,24H,3,12H2,1-2H3. The molecule has 2 heterocycles. The third kappa shape index (κ3) is 3.59. The number of aromatic amines is 1. The average Bonchev–Trinajstić information content (AvgIpc) is 3.36. The minimum Gasteiger partial charge on any atom is -0.451 e. The van der Waals surface area contributed by atoms with Gasteiger partial charge in [-0.05, 0) is 31.0 Å². The number of ether oxygens (including phenoxy) is 1. The van der Waals surface area contributed by atoms with E-state index in [0.717, 1.165) is 22.9 Å². The highest BCUT2D eigenvalue weighted by atomic mass is 35.5. The maximum Gasteiger partial charge on any atom is 0.378 e. The van der Waals surface area contributed by atoms with Crippen LogP contribution in [-0.2, 0) is 11.2 Å². The Morgan fingerprint density at radius 3 is 2.73 bits per heavy atom. The second kappa shape index (κ2) is 8.12. The molecule has 0 aliphatic rings. The van der Waals surface area contributed by atoms with Crippen molar-refractivity contribution in [3.05, 3.63) is 76.5 Å². The number of nitrogens with one attached hydrogen (secondary N) is 1. The molecule has 1 N–H and O–H groups in total. The zero-order valence-electron chi connectivity index (χ0n) is 16.5. The van der Waals surface area contributed by atoms with Crippen molar-refractivity contribution < 1.29 is 14.3 Å². The fourth-order valence-electron chi connectivity index (χ4n) is 3.34. The molecule has 0 radical (unpaired) electrons. The predicted molar refractivity (Wildman–Crippen MR) is 113 cm³/mol. The first kappa shape index (κ1) is 19.8. The number of carbonyl (C=O) groups is 2. The molecule has 0 fully saturated rings. The van der Waals surface area contributed by atoms with Crippen LogP contribution in [0.1, 0.15) is 39.3 Å². The topological polar surface area (TPSA) is 89.9 Å². The number of para-hydroxylation sites is 2. The van der Waals surface area contributed by atoms with E-state index in [0.29, 0.717) is 22.1 Å². The molecule has 0 spiro atoms. The van der Waals surface area contributed by atoms with Crippen LogP contribution in [0.25, 0.3) is 16.6 Å². The van der Waals surface area contributed by atoms with Gasteiger partial charge in [-0.3, -0.25) is 4.79 Å². The number of H-pyrrole nitrogens is 1. The zero-order chi connectivity index (χ0) is 21.3. The molecular formula is C22H19ClN4O3. The van der Waals surface area contributed by atoms with Gasteiger partial charge in [-0.1, -0.05) is 48.9 Å². The van der Waals surface area contributed by atoms with Crippen LogP contribution in [0.5, 0.6) is 0 Å². The summed E-state index contributed by atoms with van der Waals surface area (Å²) in [5, 5.41) is 5.47. The second-order valence-electron chi connectivity index (χ2n) is 6.74. The number of hydrogen-bond acceptors (Lipinski definition) is 5. The van der Waals surface area contributed by atoms with Crippen LogP contribution in [0.3, 0.4) is 0 Å². The number of benzene rings is 2. The first-order chi connectivity index (χ1) is 14.5. The van der Waals surface area contributed by atoms with Gasteiger partial charge in [-0.2, -0.15) is 0 Å². The van der Waals surface area contributed by atoms with Crippen LogP contribution in [0.4, 0.5) is 0 Å². The maximum absolute atomic E-state index is 12.6. The Morgan fingerprint density at radius 2 is 1.97 bits per heavy atom. The summed E-state index contributed by atoms with van der Waals surface area (Å²) in [6, 6.07) is 12.9. The minimum atomic E-state index is -0.772. The fourth-order valence-corrected chi connectivity index (χ4v) is 3.56. The van der Waals surface area contributed by atoms with Crippen LogP contribution < -0.4 is 0 Å². The molecule has 2 aromatic carbocycles. The number of aromatic nitrogens is 4. The molecule has 0 aliphatic carbocycles. The molecule has 0 unspecified atom stereocenters. The molecule has 8 heteroatoms. The highest BCUT2D eigenvalue weighted by molar-refractivity contribution is 6.32. The molecule has 30 heavy (non-hydrogen) atoms. The van der Waals surface area contributed by atoms with Gasteiger partial charge in [0.1, 0.15) is 5.82 Å². The van der Waals surface area contributed by atoms with Gasteiger partial charge >= 0.3 is 5.97 Å². The third-order valence-corrected chi connectivity index (χ3v) is 5.17. The monoisotopic (exact) mass is 422 g/mol. The normalized spacial score (nSPS) is 11.0. The lowest BCUT2D eigenvalue weighted by Crippen LogP contribution is -2.15. The SMILES string of the molecule is CCc1cccc2c(C(=O)COC(=O)c3nc(C)n(-c4ccccc4Cl)n3)c[nH]c12. The highest BCUT2D eigenvalue weighted by Crippen LogP contribution is 2.23. The first-order valence-corrected chi connectivity index (χ1v) is 9.85. The number of carbonyl (C=O) groups excluding carboxylic acids is 2. The number of halogens is 1. The summed E-state index contributed by atoms with van der Waals surface area (Å²) in [5.41, 5.74) is 3.13. The lowest BCUT2D eigenvalue weighted by Gasteiger charge is -2.04. The number of hydrogen-bond donors (Lipinski definition) is 1. The van der Waals surface area contributed by atoms with Crippen molar-refractivity contribution in [1.29, 1.82) is 0 Å². The van der Waals surface area contributed by atoms with E-state index in [1.807, 2.05) is 24.3 Å². The molecule has 152 valence electrons. The molecule has 0 saturated carbocycles. The first-order valence-electron chi connectivity index (χ1n) is 9.47. The number of Topliss-reactive ketones (excluding diaryl/α,β-unsaturated/α-hetero) is 1. The van der Waals surface area contributed by atoms with E-state index in [4.69, 9.17) is 16.3 Å². The van der Waals surface area contributed by atoms with E-state index >= 15 is 0 Å². The van der Waals surface area contributed by atoms with Crippen molar-refractivity contribution in [2.24, 2.45) is 0 Å². The minimum absolute atomic E-state index is 0.132. The molecule has 0 bridgehead atoms. The van der Waals surface area contributed by atoms with Gasteiger partial charge in [0.05, 0.1) is 10.7 Å². The molecule has 0 amide bonds. The molecule has 4 aromatic rings. The lowest BCUT2D eigenvalue weighted by molar-refractivity contribution is 0.0463. The molecule has 2 aromatic heterocycles. The van der Waals surface area contributed by atoms with Gasteiger partial charge in [0.15, 0.2) is 6.61 Å². The van der Waals surface area contributed by atoms with E-state index in [2.05, 4.69) is 22.0 Å². The Morgan fingerprint density at radius 1 is 1.17 bits per heavy atom. The zero-order valence-corrected chi connectivity index (χ0v) is 17.2.